The van der Waals surface area contributed by atoms with Gasteiger partial charge in [-0.15, -0.1) is 0 Å². The average Bonchev–Trinajstić information content (AvgIpc) is 3.57. The van der Waals surface area contributed by atoms with Crippen molar-refractivity contribution >= 4 is 5.97 Å². The Hall–Kier alpha value is -1.65. The van der Waals surface area contributed by atoms with Crippen LogP contribution in [0, 0.1) is 17.8 Å². The first-order valence-corrected chi connectivity index (χ1v) is 12.8. The summed E-state index contributed by atoms with van der Waals surface area (Å²) in [4.78, 5) is 10.7. The molecule has 6 atom stereocenters. The SMILES string of the molecule is C[C@@H]1C[C@@H](O)[C@H](c2ccc(C(C3CCCCC3)C3CO3)cc2)[C@H]1C/C=C\CCCC(=O)O. The van der Waals surface area contributed by atoms with Gasteiger partial charge in [-0.25, -0.2) is 0 Å². The quantitative estimate of drug-likeness (QED) is 0.264. The van der Waals surface area contributed by atoms with Gasteiger partial charge in [-0.05, 0) is 67.4 Å². The van der Waals surface area contributed by atoms with Crippen LogP contribution in [0.3, 0.4) is 0 Å². The van der Waals surface area contributed by atoms with Gasteiger partial charge in [0.2, 0.25) is 0 Å². The summed E-state index contributed by atoms with van der Waals surface area (Å²) in [7, 11) is 0. The van der Waals surface area contributed by atoms with Crippen molar-refractivity contribution in [3.8, 4) is 0 Å². The number of hydrogen-bond donors (Lipinski definition) is 2. The molecule has 1 heterocycles. The molecule has 2 unspecified atom stereocenters. The normalized spacial score (nSPS) is 31.8. The number of aliphatic hydroxyl groups is 1. The third-order valence-electron chi connectivity index (χ3n) is 8.18. The second-order valence-electron chi connectivity index (χ2n) is 10.4. The number of allylic oxidation sites excluding steroid dienone is 2. The number of carboxylic acid groups (broad SMARTS) is 1. The molecule has 4 heteroatoms. The van der Waals surface area contributed by atoms with Gasteiger partial charge in [0.15, 0.2) is 0 Å². The zero-order valence-electron chi connectivity index (χ0n) is 19.5. The van der Waals surface area contributed by atoms with Gasteiger partial charge in [-0.2, -0.15) is 0 Å². The predicted molar refractivity (Wildman–Crippen MR) is 127 cm³/mol. The Balaban J connectivity index is 1.41. The van der Waals surface area contributed by atoms with Crippen LogP contribution in [0.5, 0.6) is 0 Å². The van der Waals surface area contributed by atoms with E-state index in [0.717, 1.165) is 31.8 Å². The van der Waals surface area contributed by atoms with Crippen molar-refractivity contribution in [3.05, 3.63) is 47.5 Å². The molecule has 1 aromatic carbocycles. The van der Waals surface area contributed by atoms with Gasteiger partial charge in [0.1, 0.15) is 0 Å². The van der Waals surface area contributed by atoms with Crippen LogP contribution in [0.15, 0.2) is 36.4 Å². The number of unbranched alkanes of at least 4 members (excludes halogenated alkanes) is 1. The fourth-order valence-electron chi connectivity index (χ4n) is 6.42. The number of ether oxygens (including phenoxy) is 1. The van der Waals surface area contributed by atoms with Crippen molar-refractivity contribution in [1.82, 2.24) is 0 Å². The lowest BCUT2D eigenvalue weighted by molar-refractivity contribution is -0.137. The lowest BCUT2D eigenvalue weighted by Gasteiger charge is -2.30. The van der Waals surface area contributed by atoms with Crippen LogP contribution < -0.4 is 0 Å². The largest absolute Gasteiger partial charge is 0.481 e. The summed E-state index contributed by atoms with van der Waals surface area (Å²) in [6.45, 7) is 3.16. The van der Waals surface area contributed by atoms with Gasteiger partial charge in [0.05, 0.1) is 18.8 Å². The summed E-state index contributed by atoms with van der Waals surface area (Å²) < 4.78 is 5.76. The van der Waals surface area contributed by atoms with Crippen molar-refractivity contribution < 1.29 is 19.7 Å². The lowest BCUT2D eigenvalue weighted by atomic mass is 9.74. The van der Waals surface area contributed by atoms with Crippen LogP contribution in [0.2, 0.25) is 0 Å². The first-order valence-electron chi connectivity index (χ1n) is 12.8. The second kappa shape index (κ2) is 11.0. The number of epoxide rings is 1. The van der Waals surface area contributed by atoms with E-state index in [9.17, 15) is 9.90 Å². The maximum absolute atomic E-state index is 10.9. The Morgan fingerprint density at radius 2 is 1.88 bits per heavy atom. The molecular formula is C28H40O4. The molecule has 4 rings (SSSR count). The highest BCUT2D eigenvalue weighted by Crippen LogP contribution is 2.47. The predicted octanol–water partition coefficient (Wildman–Crippen LogP) is 6.05. The van der Waals surface area contributed by atoms with E-state index in [4.69, 9.17) is 9.84 Å². The summed E-state index contributed by atoms with van der Waals surface area (Å²) in [6, 6.07) is 9.15. The van der Waals surface area contributed by atoms with Gasteiger partial charge < -0.3 is 14.9 Å². The van der Waals surface area contributed by atoms with Crippen LogP contribution in [0.4, 0.5) is 0 Å². The van der Waals surface area contributed by atoms with Gasteiger partial charge >= 0.3 is 5.97 Å². The van der Waals surface area contributed by atoms with E-state index in [1.807, 2.05) is 0 Å². The molecule has 176 valence electrons. The molecular weight excluding hydrogens is 400 g/mol. The molecule has 3 aliphatic rings. The molecule has 1 aliphatic heterocycles. The Bertz CT molecular complexity index is 760. The molecule has 3 fully saturated rings. The summed E-state index contributed by atoms with van der Waals surface area (Å²) in [5.74, 6) is 1.63. The zero-order chi connectivity index (χ0) is 22.5. The van der Waals surface area contributed by atoms with Crippen molar-refractivity contribution in [3.63, 3.8) is 0 Å². The molecule has 0 radical (unpaired) electrons. The van der Waals surface area contributed by atoms with Crippen molar-refractivity contribution in [1.29, 1.82) is 0 Å². The van der Waals surface area contributed by atoms with E-state index in [0.29, 0.717) is 30.3 Å². The van der Waals surface area contributed by atoms with Crippen LogP contribution in [0.1, 0.15) is 94.1 Å². The van der Waals surface area contributed by atoms with Crippen LogP contribution in [-0.4, -0.2) is 35.0 Å². The van der Waals surface area contributed by atoms with E-state index < -0.39 is 5.97 Å². The van der Waals surface area contributed by atoms with Crippen molar-refractivity contribution in [2.45, 2.75) is 95.2 Å². The van der Waals surface area contributed by atoms with Crippen LogP contribution >= 0.6 is 0 Å². The molecule has 0 aromatic heterocycles. The number of benzene rings is 1. The Morgan fingerprint density at radius 1 is 1.16 bits per heavy atom. The number of aliphatic hydroxyl groups excluding tert-OH is 1. The molecule has 4 nitrogen and oxygen atoms in total. The number of carboxylic acids is 1. The van der Waals surface area contributed by atoms with Gasteiger partial charge in [0, 0.05) is 18.3 Å². The van der Waals surface area contributed by atoms with E-state index in [1.54, 1.807) is 0 Å². The summed E-state index contributed by atoms with van der Waals surface area (Å²) in [6.07, 6.45) is 14.7. The summed E-state index contributed by atoms with van der Waals surface area (Å²) in [5, 5.41) is 19.6. The fourth-order valence-corrected chi connectivity index (χ4v) is 6.42. The minimum absolute atomic E-state index is 0.174. The maximum atomic E-state index is 10.9. The first kappa shape index (κ1) is 23.5. The van der Waals surface area contributed by atoms with Gasteiger partial charge in [-0.1, -0.05) is 62.6 Å². The number of carbonyl (C=O) groups is 1. The molecule has 0 bridgehead atoms. The number of hydrogen-bond acceptors (Lipinski definition) is 3. The molecule has 1 saturated heterocycles. The molecule has 1 aromatic rings. The smallest absolute Gasteiger partial charge is 0.303 e. The highest BCUT2D eigenvalue weighted by molar-refractivity contribution is 5.66. The summed E-state index contributed by atoms with van der Waals surface area (Å²) in [5.41, 5.74) is 2.67. The fraction of sp³-hybridized carbons (Fsp3) is 0.679. The minimum atomic E-state index is -0.728. The minimum Gasteiger partial charge on any atom is -0.481 e. The van der Waals surface area contributed by atoms with Crippen LogP contribution in [0.25, 0.3) is 0 Å². The summed E-state index contributed by atoms with van der Waals surface area (Å²) >= 11 is 0. The number of rotatable bonds is 10. The Labute approximate surface area is 193 Å². The number of aliphatic carboxylic acids is 1. The molecule has 32 heavy (non-hydrogen) atoms. The molecule has 2 saturated carbocycles. The lowest BCUT2D eigenvalue weighted by Crippen LogP contribution is -2.21. The van der Waals surface area contributed by atoms with E-state index in [2.05, 4.69) is 43.3 Å². The standard InChI is InChI=1S/C28H40O4/c1-19-17-24(29)28(23(19)11-7-2-3-8-12-26(30)31)22-15-13-21(14-16-22)27(25-18-32-25)20-9-5-4-6-10-20/h2,7,13-16,19-20,23-25,27-29H,3-6,8-12,17-18H2,1H3,(H,30,31)/b7-2-/t19-,23+,24-,25?,27?,28-/m1/s1. The van der Waals surface area contributed by atoms with E-state index >= 15 is 0 Å². The highest BCUT2D eigenvalue weighted by atomic mass is 16.6. The van der Waals surface area contributed by atoms with Gasteiger partial charge in [-0.3, -0.25) is 4.79 Å². The topological polar surface area (TPSA) is 70.1 Å². The zero-order valence-corrected chi connectivity index (χ0v) is 19.5. The monoisotopic (exact) mass is 440 g/mol. The maximum Gasteiger partial charge on any atom is 0.303 e. The third kappa shape index (κ3) is 5.82. The molecule has 0 spiro atoms. The van der Waals surface area contributed by atoms with Gasteiger partial charge in [0.25, 0.3) is 0 Å². The Morgan fingerprint density at radius 3 is 2.53 bits per heavy atom. The van der Waals surface area contributed by atoms with Crippen molar-refractivity contribution in [2.24, 2.45) is 17.8 Å². The molecule has 2 N–H and O–H groups in total. The van der Waals surface area contributed by atoms with Crippen LogP contribution in [-0.2, 0) is 9.53 Å². The average molecular weight is 441 g/mol. The molecule has 2 aliphatic carbocycles. The Kier molecular flexibility index (Phi) is 8.07. The third-order valence-corrected chi connectivity index (χ3v) is 8.18. The second-order valence-corrected chi connectivity index (χ2v) is 10.4. The van der Waals surface area contributed by atoms with E-state index in [-0.39, 0.29) is 18.4 Å². The van der Waals surface area contributed by atoms with Crippen molar-refractivity contribution in [2.75, 3.05) is 6.61 Å². The molecule has 0 amide bonds. The van der Waals surface area contributed by atoms with E-state index in [1.165, 1.54) is 43.2 Å². The first-order chi connectivity index (χ1) is 15.5. The highest BCUT2D eigenvalue weighted by Gasteiger charge is 2.41.